The van der Waals surface area contributed by atoms with E-state index < -0.39 is 5.97 Å². The molecule has 0 aliphatic heterocycles. The maximum absolute atomic E-state index is 11.5. The molecular formula is C16H19NO2S. The summed E-state index contributed by atoms with van der Waals surface area (Å²) in [6, 6.07) is 8.13. The summed E-state index contributed by atoms with van der Waals surface area (Å²) in [5.41, 5.74) is 1.04. The normalized spacial score (nSPS) is 23.6. The van der Waals surface area contributed by atoms with Crippen LogP contribution in [0.15, 0.2) is 24.3 Å². The quantitative estimate of drug-likeness (QED) is 0.865. The van der Waals surface area contributed by atoms with E-state index in [-0.39, 0.29) is 11.8 Å². The van der Waals surface area contributed by atoms with Crippen molar-refractivity contribution in [1.29, 1.82) is 0 Å². The van der Waals surface area contributed by atoms with Gasteiger partial charge in [-0.1, -0.05) is 31.4 Å². The molecule has 1 fully saturated rings. The molecule has 0 spiro atoms. The highest BCUT2D eigenvalue weighted by Gasteiger charge is 2.30. The molecule has 1 aliphatic rings. The number of carboxylic acids is 1. The fourth-order valence-corrected chi connectivity index (χ4v) is 4.25. The smallest absolute Gasteiger partial charge is 0.306 e. The second-order valence-electron chi connectivity index (χ2n) is 5.62. The number of fused-ring (bicyclic) bond motifs is 1. The van der Waals surface area contributed by atoms with Crippen molar-refractivity contribution < 1.29 is 9.90 Å². The van der Waals surface area contributed by atoms with Crippen LogP contribution < -0.4 is 0 Å². The van der Waals surface area contributed by atoms with Gasteiger partial charge in [-0.25, -0.2) is 4.98 Å². The van der Waals surface area contributed by atoms with Crippen molar-refractivity contribution in [2.24, 2.45) is 11.8 Å². The molecule has 2 aromatic rings. The van der Waals surface area contributed by atoms with E-state index in [0.717, 1.165) is 42.6 Å². The molecule has 4 heteroatoms. The highest BCUT2D eigenvalue weighted by molar-refractivity contribution is 7.18. The zero-order valence-electron chi connectivity index (χ0n) is 11.4. The molecule has 3 nitrogen and oxygen atoms in total. The third-order valence-electron chi connectivity index (χ3n) is 4.25. The van der Waals surface area contributed by atoms with Crippen LogP contribution in [0.25, 0.3) is 10.2 Å². The van der Waals surface area contributed by atoms with Gasteiger partial charge in [0.15, 0.2) is 0 Å². The predicted octanol–water partition coefficient (Wildman–Crippen LogP) is 4.12. The van der Waals surface area contributed by atoms with Gasteiger partial charge >= 0.3 is 5.97 Å². The van der Waals surface area contributed by atoms with E-state index in [1.807, 2.05) is 18.2 Å². The SMILES string of the molecule is O=C(O)C1CCCCCC1Cc1nc2ccccc2s1. The van der Waals surface area contributed by atoms with E-state index in [1.165, 1.54) is 11.1 Å². The lowest BCUT2D eigenvalue weighted by molar-refractivity contribution is -0.143. The predicted molar refractivity (Wildman–Crippen MR) is 81.0 cm³/mol. The van der Waals surface area contributed by atoms with E-state index in [2.05, 4.69) is 11.1 Å². The number of hydrogen-bond donors (Lipinski definition) is 1. The molecule has 1 aromatic heterocycles. The molecule has 1 N–H and O–H groups in total. The standard InChI is InChI=1S/C16H19NO2S/c18-16(19)12-7-3-1-2-6-11(12)10-15-17-13-8-4-5-9-14(13)20-15/h4-5,8-9,11-12H,1-3,6-7,10H2,(H,18,19). The van der Waals surface area contributed by atoms with Crippen molar-refractivity contribution in [3.8, 4) is 0 Å². The van der Waals surface area contributed by atoms with Crippen molar-refractivity contribution in [3.63, 3.8) is 0 Å². The van der Waals surface area contributed by atoms with Gasteiger partial charge in [0.25, 0.3) is 0 Å². The van der Waals surface area contributed by atoms with Gasteiger partial charge in [-0.2, -0.15) is 0 Å². The molecular weight excluding hydrogens is 270 g/mol. The third kappa shape index (κ3) is 2.85. The van der Waals surface area contributed by atoms with Crippen LogP contribution in [-0.4, -0.2) is 16.1 Å². The number of carboxylic acid groups (broad SMARTS) is 1. The molecule has 1 heterocycles. The Morgan fingerprint density at radius 3 is 2.85 bits per heavy atom. The summed E-state index contributed by atoms with van der Waals surface area (Å²) in [7, 11) is 0. The molecule has 2 atom stereocenters. The number of aliphatic carboxylic acids is 1. The topological polar surface area (TPSA) is 50.2 Å². The highest BCUT2D eigenvalue weighted by atomic mass is 32.1. The zero-order chi connectivity index (χ0) is 13.9. The summed E-state index contributed by atoms with van der Waals surface area (Å²) < 4.78 is 1.20. The number of para-hydroxylation sites is 1. The summed E-state index contributed by atoms with van der Waals surface area (Å²) in [6.45, 7) is 0. The minimum atomic E-state index is -0.627. The largest absolute Gasteiger partial charge is 0.481 e. The average molecular weight is 289 g/mol. The maximum atomic E-state index is 11.5. The molecule has 2 unspecified atom stereocenters. The van der Waals surface area contributed by atoms with E-state index >= 15 is 0 Å². The lowest BCUT2D eigenvalue weighted by atomic mass is 9.86. The summed E-state index contributed by atoms with van der Waals surface area (Å²) in [5, 5.41) is 10.5. The first-order valence-corrected chi connectivity index (χ1v) is 8.13. The molecule has 0 bridgehead atoms. The molecule has 20 heavy (non-hydrogen) atoms. The van der Waals surface area contributed by atoms with E-state index in [1.54, 1.807) is 11.3 Å². The maximum Gasteiger partial charge on any atom is 0.306 e. The van der Waals surface area contributed by atoms with Crippen LogP contribution in [0.3, 0.4) is 0 Å². The molecule has 3 rings (SSSR count). The Labute approximate surface area is 122 Å². The Bertz CT molecular complexity index is 574. The fourth-order valence-electron chi connectivity index (χ4n) is 3.19. The lowest BCUT2D eigenvalue weighted by Gasteiger charge is -2.20. The molecule has 0 amide bonds. The Morgan fingerprint density at radius 1 is 1.25 bits per heavy atom. The Balaban J connectivity index is 1.81. The van der Waals surface area contributed by atoms with E-state index in [9.17, 15) is 9.90 Å². The first kappa shape index (κ1) is 13.6. The zero-order valence-corrected chi connectivity index (χ0v) is 12.2. The fraction of sp³-hybridized carbons (Fsp3) is 0.500. The summed E-state index contributed by atoms with van der Waals surface area (Å²) in [4.78, 5) is 16.1. The van der Waals surface area contributed by atoms with Crippen molar-refractivity contribution in [1.82, 2.24) is 4.98 Å². The van der Waals surface area contributed by atoms with Gasteiger partial charge in [-0.05, 0) is 30.9 Å². The van der Waals surface area contributed by atoms with Gasteiger partial charge in [-0.3, -0.25) is 4.79 Å². The Morgan fingerprint density at radius 2 is 2.05 bits per heavy atom. The number of benzene rings is 1. The van der Waals surface area contributed by atoms with Crippen LogP contribution in [0.4, 0.5) is 0 Å². The van der Waals surface area contributed by atoms with Crippen LogP contribution in [0.5, 0.6) is 0 Å². The monoisotopic (exact) mass is 289 g/mol. The van der Waals surface area contributed by atoms with Gasteiger partial charge in [0.1, 0.15) is 0 Å². The van der Waals surface area contributed by atoms with Crippen LogP contribution in [0.1, 0.15) is 37.1 Å². The summed E-state index contributed by atoms with van der Waals surface area (Å²) in [5.74, 6) is -0.571. The van der Waals surface area contributed by atoms with Crippen LogP contribution >= 0.6 is 11.3 Å². The first-order chi connectivity index (χ1) is 9.74. The van der Waals surface area contributed by atoms with Gasteiger partial charge in [0.2, 0.25) is 0 Å². The minimum absolute atomic E-state index is 0.190. The second-order valence-corrected chi connectivity index (χ2v) is 6.74. The number of hydrogen-bond acceptors (Lipinski definition) is 3. The van der Waals surface area contributed by atoms with Crippen molar-refractivity contribution >= 4 is 27.5 Å². The summed E-state index contributed by atoms with van der Waals surface area (Å²) >= 11 is 1.71. The number of nitrogens with zero attached hydrogens (tertiary/aromatic N) is 1. The van der Waals surface area contributed by atoms with Crippen LogP contribution in [0.2, 0.25) is 0 Å². The Kier molecular flexibility index (Phi) is 4.01. The number of rotatable bonds is 3. The van der Waals surface area contributed by atoms with Crippen molar-refractivity contribution in [2.45, 2.75) is 38.5 Å². The van der Waals surface area contributed by atoms with Gasteiger partial charge < -0.3 is 5.11 Å². The minimum Gasteiger partial charge on any atom is -0.481 e. The van der Waals surface area contributed by atoms with E-state index in [4.69, 9.17) is 0 Å². The first-order valence-electron chi connectivity index (χ1n) is 7.31. The van der Waals surface area contributed by atoms with Crippen LogP contribution in [0, 0.1) is 11.8 Å². The van der Waals surface area contributed by atoms with Crippen molar-refractivity contribution in [3.05, 3.63) is 29.3 Å². The van der Waals surface area contributed by atoms with Crippen molar-refractivity contribution in [2.75, 3.05) is 0 Å². The average Bonchev–Trinajstić information content (AvgIpc) is 2.68. The Hall–Kier alpha value is -1.42. The molecule has 0 radical (unpaired) electrons. The van der Waals surface area contributed by atoms with E-state index in [0.29, 0.717) is 0 Å². The lowest BCUT2D eigenvalue weighted by Crippen LogP contribution is -2.24. The highest BCUT2D eigenvalue weighted by Crippen LogP contribution is 2.33. The third-order valence-corrected chi connectivity index (χ3v) is 5.31. The molecule has 1 aromatic carbocycles. The molecule has 106 valence electrons. The van der Waals surface area contributed by atoms with Gasteiger partial charge in [0, 0.05) is 6.42 Å². The summed E-state index contributed by atoms with van der Waals surface area (Å²) in [6.07, 6.45) is 6.03. The van der Waals surface area contributed by atoms with Gasteiger partial charge in [0.05, 0.1) is 21.1 Å². The van der Waals surface area contributed by atoms with Crippen LogP contribution in [-0.2, 0) is 11.2 Å². The number of carbonyl (C=O) groups is 1. The molecule has 1 saturated carbocycles. The molecule has 0 saturated heterocycles. The second kappa shape index (κ2) is 5.92. The number of thiazole rings is 1. The van der Waals surface area contributed by atoms with Gasteiger partial charge in [-0.15, -0.1) is 11.3 Å². The molecule has 1 aliphatic carbocycles. The number of aromatic nitrogens is 1.